The van der Waals surface area contributed by atoms with Crippen LogP contribution >= 0.6 is 0 Å². The standard InChI is InChI=1S/C15H31NO/c1-6-15(7-2)13(16-5)11-14(15)17-10-8-9-12(3)4/h12-14,16H,6-11H2,1-5H3. The molecule has 0 heterocycles. The van der Waals surface area contributed by atoms with Crippen LogP contribution in [0.2, 0.25) is 0 Å². The second kappa shape index (κ2) is 6.75. The van der Waals surface area contributed by atoms with Crippen molar-refractivity contribution < 1.29 is 4.74 Å². The van der Waals surface area contributed by atoms with Gasteiger partial charge in [-0.05, 0) is 45.1 Å². The normalized spacial score (nSPS) is 27.2. The van der Waals surface area contributed by atoms with Gasteiger partial charge in [-0.1, -0.05) is 27.7 Å². The summed E-state index contributed by atoms with van der Waals surface area (Å²) in [5.41, 5.74) is 0.395. The zero-order chi connectivity index (χ0) is 12.9. The molecule has 0 saturated heterocycles. The van der Waals surface area contributed by atoms with E-state index in [2.05, 4.69) is 40.1 Å². The second-order valence-corrected chi connectivity index (χ2v) is 5.91. The van der Waals surface area contributed by atoms with Gasteiger partial charge >= 0.3 is 0 Å². The summed E-state index contributed by atoms with van der Waals surface area (Å²) in [6.45, 7) is 10.1. The van der Waals surface area contributed by atoms with Gasteiger partial charge in [0.05, 0.1) is 6.10 Å². The molecular weight excluding hydrogens is 210 g/mol. The number of ether oxygens (including phenoxy) is 1. The Morgan fingerprint density at radius 1 is 1.29 bits per heavy atom. The van der Waals surface area contributed by atoms with Crippen molar-refractivity contribution in [1.29, 1.82) is 0 Å². The average Bonchev–Trinajstić information content (AvgIpc) is 2.28. The first-order chi connectivity index (χ1) is 8.10. The van der Waals surface area contributed by atoms with Gasteiger partial charge in [0.15, 0.2) is 0 Å². The summed E-state index contributed by atoms with van der Waals surface area (Å²) >= 11 is 0. The van der Waals surface area contributed by atoms with Crippen LogP contribution in [0.5, 0.6) is 0 Å². The van der Waals surface area contributed by atoms with Crippen LogP contribution in [0.25, 0.3) is 0 Å². The van der Waals surface area contributed by atoms with E-state index in [1.54, 1.807) is 0 Å². The third-order valence-electron chi connectivity index (χ3n) is 4.69. The molecular formula is C15H31NO. The molecule has 0 bridgehead atoms. The first kappa shape index (κ1) is 15.0. The molecule has 0 aromatic carbocycles. The Hall–Kier alpha value is -0.0800. The van der Waals surface area contributed by atoms with E-state index in [0.29, 0.717) is 17.6 Å². The van der Waals surface area contributed by atoms with E-state index >= 15 is 0 Å². The van der Waals surface area contributed by atoms with Crippen LogP contribution in [0.4, 0.5) is 0 Å². The van der Waals surface area contributed by atoms with E-state index in [1.165, 1.54) is 32.1 Å². The lowest BCUT2D eigenvalue weighted by molar-refractivity contribution is -0.139. The second-order valence-electron chi connectivity index (χ2n) is 5.91. The fraction of sp³-hybridized carbons (Fsp3) is 1.00. The van der Waals surface area contributed by atoms with E-state index in [1.807, 2.05) is 0 Å². The quantitative estimate of drug-likeness (QED) is 0.656. The fourth-order valence-corrected chi connectivity index (χ4v) is 3.30. The fourth-order valence-electron chi connectivity index (χ4n) is 3.30. The Bertz CT molecular complexity index is 211. The van der Waals surface area contributed by atoms with Crippen LogP contribution in [-0.2, 0) is 4.74 Å². The van der Waals surface area contributed by atoms with Crippen molar-refractivity contribution in [1.82, 2.24) is 5.32 Å². The Morgan fingerprint density at radius 2 is 1.94 bits per heavy atom. The molecule has 0 aromatic rings. The van der Waals surface area contributed by atoms with Gasteiger partial charge in [-0.3, -0.25) is 0 Å². The molecule has 2 nitrogen and oxygen atoms in total. The van der Waals surface area contributed by atoms with Gasteiger partial charge in [-0.2, -0.15) is 0 Å². The topological polar surface area (TPSA) is 21.3 Å². The third-order valence-corrected chi connectivity index (χ3v) is 4.69. The number of hydrogen-bond donors (Lipinski definition) is 1. The molecule has 17 heavy (non-hydrogen) atoms. The largest absolute Gasteiger partial charge is 0.378 e. The first-order valence-corrected chi connectivity index (χ1v) is 7.39. The van der Waals surface area contributed by atoms with E-state index in [0.717, 1.165) is 12.5 Å². The maximum atomic E-state index is 6.12. The SMILES string of the molecule is CCC1(CC)C(NC)CC1OCCCC(C)C. The molecule has 1 aliphatic rings. The Morgan fingerprint density at radius 3 is 2.41 bits per heavy atom. The monoisotopic (exact) mass is 241 g/mol. The van der Waals surface area contributed by atoms with Crippen LogP contribution in [0.3, 0.4) is 0 Å². The van der Waals surface area contributed by atoms with E-state index in [-0.39, 0.29) is 0 Å². The molecule has 1 saturated carbocycles. The zero-order valence-corrected chi connectivity index (χ0v) is 12.4. The van der Waals surface area contributed by atoms with Crippen molar-refractivity contribution >= 4 is 0 Å². The molecule has 1 rings (SSSR count). The molecule has 2 heteroatoms. The lowest BCUT2D eigenvalue weighted by Gasteiger charge is -2.55. The van der Waals surface area contributed by atoms with Gasteiger partial charge in [0.25, 0.3) is 0 Å². The Kier molecular flexibility index (Phi) is 5.94. The number of rotatable bonds is 8. The summed E-state index contributed by atoms with van der Waals surface area (Å²) in [7, 11) is 2.08. The van der Waals surface area contributed by atoms with Gasteiger partial charge in [0.1, 0.15) is 0 Å². The predicted octanol–water partition coefficient (Wildman–Crippen LogP) is 3.61. The van der Waals surface area contributed by atoms with Crippen LogP contribution in [0.1, 0.15) is 59.8 Å². The maximum absolute atomic E-state index is 6.12. The molecule has 2 atom stereocenters. The molecule has 2 unspecified atom stereocenters. The summed E-state index contributed by atoms with van der Waals surface area (Å²) in [5.74, 6) is 0.798. The lowest BCUT2D eigenvalue weighted by Crippen LogP contribution is -2.62. The smallest absolute Gasteiger partial charge is 0.0661 e. The Balaban J connectivity index is 2.34. The highest BCUT2D eigenvalue weighted by Crippen LogP contribution is 2.48. The summed E-state index contributed by atoms with van der Waals surface area (Å²) in [6.07, 6.45) is 6.63. The maximum Gasteiger partial charge on any atom is 0.0661 e. The number of nitrogens with one attached hydrogen (secondary N) is 1. The molecule has 1 fully saturated rings. The zero-order valence-electron chi connectivity index (χ0n) is 12.4. The summed E-state index contributed by atoms with van der Waals surface area (Å²) in [4.78, 5) is 0. The average molecular weight is 241 g/mol. The minimum absolute atomic E-state index is 0.395. The molecule has 102 valence electrons. The van der Waals surface area contributed by atoms with Gasteiger partial charge in [-0.25, -0.2) is 0 Å². The van der Waals surface area contributed by atoms with E-state index < -0.39 is 0 Å². The highest BCUT2D eigenvalue weighted by atomic mass is 16.5. The number of hydrogen-bond acceptors (Lipinski definition) is 2. The first-order valence-electron chi connectivity index (χ1n) is 7.39. The van der Waals surface area contributed by atoms with Gasteiger partial charge in [0.2, 0.25) is 0 Å². The summed E-state index contributed by atoms with van der Waals surface area (Å²) < 4.78 is 6.12. The molecule has 0 spiro atoms. The predicted molar refractivity (Wildman–Crippen MR) is 74.3 cm³/mol. The van der Waals surface area contributed by atoms with Crippen molar-refractivity contribution in [2.45, 2.75) is 71.9 Å². The van der Waals surface area contributed by atoms with E-state index in [4.69, 9.17) is 4.74 Å². The van der Waals surface area contributed by atoms with Gasteiger partial charge in [-0.15, -0.1) is 0 Å². The van der Waals surface area contributed by atoms with Crippen molar-refractivity contribution in [3.63, 3.8) is 0 Å². The van der Waals surface area contributed by atoms with Crippen molar-refractivity contribution in [2.75, 3.05) is 13.7 Å². The van der Waals surface area contributed by atoms with Gasteiger partial charge in [0, 0.05) is 18.1 Å². The van der Waals surface area contributed by atoms with Crippen molar-refractivity contribution in [2.24, 2.45) is 11.3 Å². The van der Waals surface area contributed by atoms with Gasteiger partial charge < -0.3 is 10.1 Å². The minimum Gasteiger partial charge on any atom is -0.378 e. The molecule has 0 aromatic heterocycles. The molecule has 1 aliphatic carbocycles. The summed E-state index contributed by atoms with van der Waals surface area (Å²) in [5, 5.41) is 3.45. The van der Waals surface area contributed by atoms with E-state index in [9.17, 15) is 0 Å². The Labute approximate surface area is 108 Å². The van der Waals surface area contributed by atoms with Crippen LogP contribution in [-0.4, -0.2) is 25.8 Å². The highest BCUT2D eigenvalue weighted by Gasteiger charge is 2.52. The molecule has 0 radical (unpaired) electrons. The van der Waals surface area contributed by atoms with Crippen molar-refractivity contribution in [3.05, 3.63) is 0 Å². The molecule has 0 aliphatic heterocycles. The minimum atomic E-state index is 0.395. The molecule has 0 amide bonds. The van der Waals surface area contributed by atoms with Crippen LogP contribution in [0, 0.1) is 11.3 Å². The summed E-state index contributed by atoms with van der Waals surface area (Å²) in [6, 6.07) is 0.660. The molecule has 1 N–H and O–H groups in total. The highest BCUT2D eigenvalue weighted by molar-refractivity contribution is 5.06. The third kappa shape index (κ3) is 3.23. The van der Waals surface area contributed by atoms with Crippen molar-refractivity contribution in [3.8, 4) is 0 Å². The lowest BCUT2D eigenvalue weighted by atomic mass is 9.58. The van der Waals surface area contributed by atoms with Crippen LogP contribution in [0.15, 0.2) is 0 Å². The van der Waals surface area contributed by atoms with Crippen LogP contribution < -0.4 is 5.32 Å².